The Labute approximate surface area is 74.8 Å². The second-order valence-electron chi connectivity index (χ2n) is 2.61. The van der Waals surface area contributed by atoms with E-state index in [0.717, 1.165) is 12.1 Å². The topological polar surface area (TPSA) is 65.0 Å². The van der Waals surface area contributed by atoms with Crippen molar-refractivity contribution in [1.82, 2.24) is 15.4 Å². The van der Waals surface area contributed by atoms with Crippen molar-refractivity contribution in [3.8, 4) is 0 Å². The van der Waals surface area contributed by atoms with Gasteiger partial charge in [0.1, 0.15) is 6.26 Å². The van der Waals surface area contributed by atoms with Gasteiger partial charge in [-0.1, -0.05) is 12.1 Å². The van der Waals surface area contributed by atoms with Gasteiger partial charge in [-0.2, -0.15) is 0 Å². The van der Waals surface area contributed by atoms with Gasteiger partial charge < -0.3 is 8.94 Å². The van der Waals surface area contributed by atoms with E-state index in [9.17, 15) is 0 Å². The molecule has 0 aliphatic carbocycles. The lowest BCUT2D eigenvalue weighted by Crippen LogP contribution is -1.87. The number of aromatic nitrogens is 3. The molecule has 0 spiro atoms. The highest BCUT2D eigenvalue weighted by atomic mass is 16.5. The quantitative estimate of drug-likeness (QED) is 0.708. The zero-order chi connectivity index (χ0) is 9.10. The molecule has 0 aromatic carbocycles. The maximum atomic E-state index is 5.30. The molecule has 5 heteroatoms. The van der Waals surface area contributed by atoms with Crippen molar-refractivity contribution in [2.24, 2.45) is 0 Å². The number of hydrogen-bond acceptors (Lipinski definition) is 5. The van der Waals surface area contributed by atoms with Crippen molar-refractivity contribution in [3.63, 3.8) is 0 Å². The monoisotopic (exact) mass is 179 g/mol. The fourth-order valence-electron chi connectivity index (χ4n) is 0.986. The first kappa shape index (κ1) is 7.97. The van der Waals surface area contributed by atoms with E-state index in [1.165, 1.54) is 6.26 Å². The minimum Gasteiger partial charge on any atom is -0.425 e. The molecule has 2 rings (SSSR count). The summed E-state index contributed by atoms with van der Waals surface area (Å²) in [4.78, 5) is 0. The van der Waals surface area contributed by atoms with E-state index in [1.54, 1.807) is 6.07 Å². The molecule has 0 bridgehead atoms. The van der Waals surface area contributed by atoms with Crippen LogP contribution in [0.15, 0.2) is 21.3 Å². The molecule has 0 aliphatic rings. The highest BCUT2D eigenvalue weighted by Crippen LogP contribution is 2.06. The Morgan fingerprint density at radius 1 is 1.31 bits per heavy atom. The van der Waals surface area contributed by atoms with Crippen LogP contribution in [0.2, 0.25) is 0 Å². The number of aryl methyl sites for hydroxylation is 1. The third-order valence-electron chi connectivity index (χ3n) is 1.63. The van der Waals surface area contributed by atoms with E-state index in [1.807, 2.05) is 6.92 Å². The Morgan fingerprint density at radius 2 is 2.15 bits per heavy atom. The van der Waals surface area contributed by atoms with Crippen LogP contribution >= 0.6 is 0 Å². The summed E-state index contributed by atoms with van der Waals surface area (Å²) in [7, 11) is 0. The smallest absolute Gasteiger partial charge is 0.222 e. The predicted octanol–water partition coefficient (Wildman–Crippen LogP) is 1.21. The van der Waals surface area contributed by atoms with Crippen LogP contribution in [0.5, 0.6) is 0 Å². The van der Waals surface area contributed by atoms with Gasteiger partial charge in [0.25, 0.3) is 0 Å². The van der Waals surface area contributed by atoms with E-state index in [-0.39, 0.29) is 0 Å². The van der Waals surface area contributed by atoms with Gasteiger partial charge in [-0.3, -0.25) is 0 Å². The molecule has 5 nitrogen and oxygen atoms in total. The molecule has 0 amide bonds. The molecule has 0 saturated heterocycles. The number of nitrogens with zero attached hydrogens (tertiary/aromatic N) is 3. The summed E-state index contributed by atoms with van der Waals surface area (Å²) in [6.07, 6.45) is 2.81. The standard InChI is InChI=1S/C8H9N3O2/c1-2-7-9-10-8(13-7)5-6-3-4-12-11-6/h3-4H,2,5H2,1H3. The van der Waals surface area contributed by atoms with E-state index in [0.29, 0.717) is 18.2 Å². The highest BCUT2D eigenvalue weighted by Gasteiger charge is 2.06. The molecule has 0 saturated carbocycles. The minimum absolute atomic E-state index is 0.531. The van der Waals surface area contributed by atoms with E-state index in [2.05, 4.69) is 19.9 Å². The number of hydrogen-bond donors (Lipinski definition) is 0. The van der Waals surface area contributed by atoms with Gasteiger partial charge >= 0.3 is 0 Å². The lowest BCUT2D eigenvalue weighted by Gasteiger charge is -1.86. The molecular weight excluding hydrogens is 170 g/mol. The Balaban J connectivity index is 2.10. The molecule has 0 N–H and O–H groups in total. The Hall–Kier alpha value is -1.65. The molecule has 2 aromatic rings. The molecule has 0 atom stereocenters. The maximum absolute atomic E-state index is 5.30. The second kappa shape index (κ2) is 3.38. The zero-order valence-electron chi connectivity index (χ0n) is 7.23. The van der Waals surface area contributed by atoms with Crippen molar-refractivity contribution in [2.75, 3.05) is 0 Å². The van der Waals surface area contributed by atoms with Gasteiger partial charge in [0.2, 0.25) is 11.8 Å². The average Bonchev–Trinajstić information content (AvgIpc) is 2.76. The zero-order valence-corrected chi connectivity index (χ0v) is 7.23. The first-order chi connectivity index (χ1) is 6.38. The fourth-order valence-corrected chi connectivity index (χ4v) is 0.986. The average molecular weight is 179 g/mol. The lowest BCUT2D eigenvalue weighted by molar-refractivity contribution is 0.407. The molecule has 2 heterocycles. The maximum Gasteiger partial charge on any atom is 0.222 e. The van der Waals surface area contributed by atoms with Gasteiger partial charge in [0.15, 0.2) is 0 Å². The lowest BCUT2D eigenvalue weighted by atomic mass is 10.3. The largest absolute Gasteiger partial charge is 0.425 e. The van der Waals surface area contributed by atoms with Gasteiger partial charge in [-0.05, 0) is 0 Å². The van der Waals surface area contributed by atoms with Crippen LogP contribution < -0.4 is 0 Å². The Bertz CT molecular complexity index is 366. The summed E-state index contributed by atoms with van der Waals surface area (Å²) >= 11 is 0. The second-order valence-corrected chi connectivity index (χ2v) is 2.61. The van der Waals surface area contributed by atoms with Gasteiger partial charge in [0.05, 0.1) is 12.1 Å². The van der Waals surface area contributed by atoms with Crippen LogP contribution in [0.1, 0.15) is 24.4 Å². The van der Waals surface area contributed by atoms with Crippen molar-refractivity contribution < 1.29 is 8.94 Å². The predicted molar refractivity (Wildman–Crippen MR) is 43.0 cm³/mol. The summed E-state index contributed by atoms with van der Waals surface area (Å²) in [5.74, 6) is 1.23. The molecular formula is C8H9N3O2. The summed E-state index contributed by atoms with van der Waals surface area (Å²) in [5, 5.41) is 11.4. The highest BCUT2D eigenvalue weighted by molar-refractivity contribution is 5.02. The van der Waals surface area contributed by atoms with Crippen molar-refractivity contribution in [1.29, 1.82) is 0 Å². The molecule has 0 radical (unpaired) electrons. The van der Waals surface area contributed by atoms with Crippen LogP contribution in [0.4, 0.5) is 0 Å². The van der Waals surface area contributed by atoms with E-state index in [4.69, 9.17) is 4.42 Å². The van der Waals surface area contributed by atoms with Gasteiger partial charge in [-0.15, -0.1) is 10.2 Å². The normalized spacial score (nSPS) is 10.5. The van der Waals surface area contributed by atoms with Crippen molar-refractivity contribution in [3.05, 3.63) is 29.8 Å². The van der Waals surface area contributed by atoms with Gasteiger partial charge in [-0.25, -0.2) is 0 Å². The summed E-state index contributed by atoms with van der Waals surface area (Å²) in [6.45, 7) is 1.97. The first-order valence-corrected chi connectivity index (χ1v) is 4.09. The summed E-state index contributed by atoms with van der Waals surface area (Å²) < 4.78 is 9.98. The minimum atomic E-state index is 0.531. The molecule has 13 heavy (non-hydrogen) atoms. The number of rotatable bonds is 3. The van der Waals surface area contributed by atoms with Gasteiger partial charge in [0, 0.05) is 12.5 Å². The molecule has 0 fully saturated rings. The molecule has 0 aliphatic heterocycles. The molecule has 0 unspecified atom stereocenters. The van der Waals surface area contributed by atoms with Crippen molar-refractivity contribution in [2.45, 2.75) is 19.8 Å². The van der Waals surface area contributed by atoms with Crippen LogP contribution in [-0.4, -0.2) is 15.4 Å². The van der Waals surface area contributed by atoms with Crippen LogP contribution in [0.3, 0.4) is 0 Å². The van der Waals surface area contributed by atoms with Crippen LogP contribution in [-0.2, 0) is 12.8 Å². The van der Waals surface area contributed by atoms with Crippen LogP contribution in [0, 0.1) is 0 Å². The summed E-state index contributed by atoms with van der Waals surface area (Å²) in [5.41, 5.74) is 0.798. The van der Waals surface area contributed by atoms with E-state index >= 15 is 0 Å². The third kappa shape index (κ3) is 1.74. The fraction of sp³-hybridized carbons (Fsp3) is 0.375. The Kier molecular flexibility index (Phi) is 2.08. The SMILES string of the molecule is CCc1nnc(Cc2ccon2)o1. The Morgan fingerprint density at radius 3 is 2.77 bits per heavy atom. The third-order valence-corrected chi connectivity index (χ3v) is 1.63. The van der Waals surface area contributed by atoms with E-state index < -0.39 is 0 Å². The van der Waals surface area contributed by atoms with Crippen LogP contribution in [0.25, 0.3) is 0 Å². The first-order valence-electron chi connectivity index (χ1n) is 4.09. The molecule has 68 valence electrons. The van der Waals surface area contributed by atoms with Crippen molar-refractivity contribution >= 4 is 0 Å². The molecule has 2 aromatic heterocycles. The summed E-state index contributed by atoms with van der Waals surface area (Å²) in [6, 6.07) is 1.77.